The normalized spacial score (nSPS) is 10.2. The Morgan fingerprint density at radius 3 is 2.18 bits per heavy atom. The van der Waals surface area contributed by atoms with Crippen molar-refractivity contribution < 1.29 is 19.8 Å². The first-order valence-corrected chi connectivity index (χ1v) is 6.91. The minimum absolute atomic E-state index is 0.00979. The summed E-state index contributed by atoms with van der Waals surface area (Å²) in [5.74, 6) is -1.87. The van der Waals surface area contributed by atoms with E-state index in [2.05, 4.69) is 0 Å². The third kappa shape index (κ3) is 4.09. The third-order valence-electron chi connectivity index (χ3n) is 3.33. The van der Waals surface area contributed by atoms with Crippen LogP contribution in [0.15, 0.2) is 54.6 Å². The van der Waals surface area contributed by atoms with Crippen LogP contribution in [0.2, 0.25) is 0 Å². The molecular weight excluding hydrogens is 282 g/mol. The minimum Gasteiger partial charge on any atom is -0.481 e. The van der Waals surface area contributed by atoms with E-state index in [0.29, 0.717) is 18.7 Å². The molecule has 0 saturated carbocycles. The van der Waals surface area contributed by atoms with Crippen LogP contribution in [0, 0.1) is 0 Å². The van der Waals surface area contributed by atoms with Crippen molar-refractivity contribution >= 4 is 17.6 Å². The number of aromatic carboxylic acids is 1. The number of para-hydroxylation sites is 1. The molecule has 2 rings (SSSR count). The van der Waals surface area contributed by atoms with Crippen molar-refractivity contribution in [1.29, 1.82) is 0 Å². The van der Waals surface area contributed by atoms with E-state index in [0.717, 1.165) is 5.69 Å². The Morgan fingerprint density at radius 1 is 0.909 bits per heavy atom. The van der Waals surface area contributed by atoms with Crippen molar-refractivity contribution in [2.45, 2.75) is 13.0 Å². The second-order valence-corrected chi connectivity index (χ2v) is 4.86. The maximum Gasteiger partial charge on any atom is 0.336 e. The maximum absolute atomic E-state index is 11.3. The highest BCUT2D eigenvalue weighted by Gasteiger charge is 2.14. The second-order valence-electron chi connectivity index (χ2n) is 4.86. The third-order valence-corrected chi connectivity index (χ3v) is 3.33. The Morgan fingerprint density at radius 2 is 1.55 bits per heavy atom. The van der Waals surface area contributed by atoms with Gasteiger partial charge in [0, 0.05) is 18.8 Å². The molecule has 0 amide bonds. The van der Waals surface area contributed by atoms with Crippen LogP contribution in [0.4, 0.5) is 5.69 Å². The van der Waals surface area contributed by atoms with Gasteiger partial charge < -0.3 is 15.1 Å². The van der Waals surface area contributed by atoms with Crippen LogP contribution in [0.3, 0.4) is 0 Å². The number of carboxylic acid groups (broad SMARTS) is 2. The van der Waals surface area contributed by atoms with E-state index >= 15 is 0 Å². The van der Waals surface area contributed by atoms with Crippen LogP contribution >= 0.6 is 0 Å². The zero-order valence-corrected chi connectivity index (χ0v) is 12.0. The molecule has 2 N–H and O–H groups in total. The molecule has 0 aromatic heterocycles. The minimum atomic E-state index is -0.984. The van der Waals surface area contributed by atoms with Crippen LogP contribution in [-0.2, 0) is 11.3 Å². The van der Waals surface area contributed by atoms with Crippen LogP contribution < -0.4 is 4.90 Å². The number of nitrogens with zero attached hydrogens (tertiary/aromatic N) is 1. The molecule has 0 heterocycles. The quantitative estimate of drug-likeness (QED) is 0.822. The molecule has 0 unspecified atom stereocenters. The van der Waals surface area contributed by atoms with Crippen LogP contribution in [0.5, 0.6) is 0 Å². The Balaban J connectivity index is 2.27. The lowest BCUT2D eigenvalue weighted by Crippen LogP contribution is -2.26. The van der Waals surface area contributed by atoms with Crippen molar-refractivity contribution in [2.24, 2.45) is 0 Å². The first kappa shape index (κ1) is 15.6. The molecule has 0 aliphatic rings. The number of aliphatic carboxylic acids is 1. The lowest BCUT2D eigenvalue weighted by Gasteiger charge is -2.25. The molecule has 0 fully saturated rings. The van der Waals surface area contributed by atoms with Gasteiger partial charge in [-0.3, -0.25) is 4.79 Å². The highest BCUT2D eigenvalue weighted by atomic mass is 16.4. The molecule has 0 radical (unpaired) electrons. The van der Waals surface area contributed by atoms with Crippen molar-refractivity contribution in [3.63, 3.8) is 0 Å². The molecular formula is C17H17NO4. The number of hydrogen-bond donors (Lipinski definition) is 2. The predicted octanol–water partition coefficient (Wildman–Crippen LogP) is 2.87. The molecule has 0 bridgehead atoms. The molecule has 0 atom stereocenters. The summed E-state index contributed by atoms with van der Waals surface area (Å²) in [6, 6.07) is 16.1. The lowest BCUT2D eigenvalue weighted by molar-refractivity contribution is -0.136. The first-order valence-electron chi connectivity index (χ1n) is 6.91. The second kappa shape index (κ2) is 7.26. The van der Waals surface area contributed by atoms with Gasteiger partial charge in [0.2, 0.25) is 0 Å². The Bertz CT molecular complexity index is 655. The number of anilines is 1. The highest BCUT2D eigenvalue weighted by Crippen LogP contribution is 2.19. The number of carboxylic acids is 2. The molecule has 5 heteroatoms. The van der Waals surface area contributed by atoms with Gasteiger partial charge in [-0.05, 0) is 23.8 Å². The topological polar surface area (TPSA) is 77.8 Å². The molecule has 22 heavy (non-hydrogen) atoms. The average molecular weight is 299 g/mol. The van der Waals surface area contributed by atoms with E-state index < -0.39 is 11.9 Å². The average Bonchev–Trinajstić information content (AvgIpc) is 2.52. The number of rotatable bonds is 7. The van der Waals surface area contributed by atoms with E-state index in [9.17, 15) is 14.7 Å². The van der Waals surface area contributed by atoms with Gasteiger partial charge in [-0.2, -0.15) is 0 Å². The van der Waals surface area contributed by atoms with Crippen molar-refractivity contribution in [3.05, 3.63) is 65.7 Å². The summed E-state index contributed by atoms with van der Waals surface area (Å²) in [5.41, 5.74) is 1.76. The summed E-state index contributed by atoms with van der Waals surface area (Å²) in [5, 5.41) is 18.2. The molecule has 0 aliphatic heterocycles. The fraction of sp³-hybridized carbons (Fsp3) is 0.176. The van der Waals surface area contributed by atoms with E-state index in [1.807, 2.05) is 35.2 Å². The van der Waals surface area contributed by atoms with Gasteiger partial charge in [0.1, 0.15) is 0 Å². The van der Waals surface area contributed by atoms with Crippen molar-refractivity contribution in [3.8, 4) is 0 Å². The Labute approximate surface area is 128 Å². The van der Waals surface area contributed by atoms with Gasteiger partial charge in [0.15, 0.2) is 0 Å². The zero-order chi connectivity index (χ0) is 15.9. The molecule has 0 aliphatic carbocycles. The highest BCUT2D eigenvalue weighted by molar-refractivity contribution is 5.89. The van der Waals surface area contributed by atoms with Crippen molar-refractivity contribution in [2.75, 3.05) is 11.4 Å². The summed E-state index contributed by atoms with van der Waals surface area (Å²) in [6.45, 7) is 0.660. The fourth-order valence-electron chi connectivity index (χ4n) is 2.24. The van der Waals surface area contributed by atoms with Gasteiger partial charge in [0.05, 0.1) is 12.0 Å². The van der Waals surface area contributed by atoms with Gasteiger partial charge in [0.25, 0.3) is 0 Å². The summed E-state index contributed by atoms with van der Waals surface area (Å²) >= 11 is 0. The number of carbonyl (C=O) groups is 2. The molecule has 0 spiro atoms. The van der Waals surface area contributed by atoms with Gasteiger partial charge in [-0.25, -0.2) is 4.79 Å². The SMILES string of the molecule is O=C(O)CCN(Cc1ccccc1C(=O)O)c1ccccc1. The fourth-order valence-corrected chi connectivity index (χ4v) is 2.24. The van der Waals surface area contributed by atoms with Gasteiger partial charge in [-0.1, -0.05) is 36.4 Å². The molecule has 2 aromatic carbocycles. The van der Waals surface area contributed by atoms with E-state index in [-0.39, 0.29) is 12.0 Å². The summed E-state index contributed by atoms with van der Waals surface area (Å²) in [6.07, 6.45) is -0.00979. The van der Waals surface area contributed by atoms with E-state index in [1.165, 1.54) is 0 Å². The summed E-state index contributed by atoms with van der Waals surface area (Å²) in [4.78, 5) is 24.0. The van der Waals surface area contributed by atoms with Gasteiger partial charge in [-0.15, -0.1) is 0 Å². The van der Waals surface area contributed by atoms with Crippen LogP contribution in [0.1, 0.15) is 22.3 Å². The maximum atomic E-state index is 11.3. The lowest BCUT2D eigenvalue weighted by atomic mass is 10.1. The van der Waals surface area contributed by atoms with E-state index in [1.54, 1.807) is 24.3 Å². The van der Waals surface area contributed by atoms with Crippen molar-refractivity contribution in [1.82, 2.24) is 0 Å². The Kier molecular flexibility index (Phi) is 5.14. The van der Waals surface area contributed by atoms with Crippen LogP contribution in [0.25, 0.3) is 0 Å². The molecule has 5 nitrogen and oxygen atoms in total. The molecule has 0 saturated heterocycles. The summed E-state index contributed by atoms with van der Waals surface area (Å²) in [7, 11) is 0. The number of benzene rings is 2. The monoisotopic (exact) mass is 299 g/mol. The first-order chi connectivity index (χ1) is 10.6. The van der Waals surface area contributed by atoms with E-state index in [4.69, 9.17) is 5.11 Å². The summed E-state index contributed by atoms with van der Waals surface area (Å²) < 4.78 is 0. The smallest absolute Gasteiger partial charge is 0.336 e. The van der Waals surface area contributed by atoms with Gasteiger partial charge >= 0.3 is 11.9 Å². The Hall–Kier alpha value is -2.82. The predicted molar refractivity (Wildman–Crippen MR) is 83.1 cm³/mol. The zero-order valence-electron chi connectivity index (χ0n) is 12.0. The van der Waals surface area contributed by atoms with Crippen LogP contribution in [-0.4, -0.2) is 28.7 Å². The number of hydrogen-bond acceptors (Lipinski definition) is 3. The molecule has 2 aromatic rings. The standard InChI is InChI=1S/C17H17NO4/c19-16(20)10-11-18(14-7-2-1-3-8-14)12-13-6-4-5-9-15(13)17(21)22/h1-9H,10-12H2,(H,19,20)(H,21,22). The largest absolute Gasteiger partial charge is 0.481 e. The molecule has 114 valence electrons.